The van der Waals surface area contributed by atoms with Crippen LogP contribution in [-0.2, 0) is 0 Å². The fraction of sp³-hybridized carbons (Fsp3) is 0.375. The molecule has 1 fully saturated rings. The molecule has 0 amide bonds. The maximum atomic E-state index is 9.05. The smallest absolute Gasteiger partial charge is 0.225 e. The van der Waals surface area contributed by atoms with Gasteiger partial charge in [0.25, 0.3) is 0 Å². The van der Waals surface area contributed by atoms with E-state index < -0.39 is 0 Å². The van der Waals surface area contributed by atoms with Crippen LogP contribution in [-0.4, -0.2) is 59.1 Å². The minimum absolute atomic E-state index is 0.582. The van der Waals surface area contributed by atoms with Gasteiger partial charge >= 0.3 is 0 Å². The van der Waals surface area contributed by atoms with Crippen molar-refractivity contribution in [3.05, 3.63) is 42.4 Å². The van der Waals surface area contributed by atoms with Crippen molar-refractivity contribution in [1.82, 2.24) is 19.9 Å². The summed E-state index contributed by atoms with van der Waals surface area (Å²) in [7, 11) is 0. The van der Waals surface area contributed by atoms with Crippen molar-refractivity contribution in [1.29, 1.82) is 5.26 Å². The molecule has 1 N–H and O–H groups in total. The van der Waals surface area contributed by atoms with Crippen LogP contribution in [0.15, 0.2) is 36.8 Å². The predicted molar refractivity (Wildman–Crippen MR) is 88.1 cm³/mol. The second-order valence-corrected chi connectivity index (χ2v) is 5.32. The summed E-state index contributed by atoms with van der Waals surface area (Å²) in [5.74, 6) is 1.46. The summed E-state index contributed by atoms with van der Waals surface area (Å²) in [5.41, 5.74) is 0.582. The molecule has 2 aromatic heterocycles. The lowest BCUT2D eigenvalue weighted by molar-refractivity contribution is 0.266. The SMILES string of the molecule is N#Cc1cccnc1NCCN1CCN(c2ncccn2)CC1. The summed E-state index contributed by atoms with van der Waals surface area (Å²) in [6.45, 7) is 5.51. The van der Waals surface area contributed by atoms with Gasteiger partial charge in [-0.05, 0) is 18.2 Å². The molecule has 0 aliphatic carbocycles. The van der Waals surface area contributed by atoms with Crippen molar-refractivity contribution in [2.45, 2.75) is 0 Å². The molecule has 7 nitrogen and oxygen atoms in total. The zero-order chi connectivity index (χ0) is 15.9. The highest BCUT2D eigenvalue weighted by atomic mass is 15.3. The third kappa shape index (κ3) is 3.93. The minimum Gasteiger partial charge on any atom is -0.368 e. The largest absolute Gasteiger partial charge is 0.368 e. The highest BCUT2D eigenvalue weighted by Gasteiger charge is 2.18. The van der Waals surface area contributed by atoms with Crippen molar-refractivity contribution in [2.24, 2.45) is 0 Å². The number of anilines is 2. The van der Waals surface area contributed by atoms with E-state index in [2.05, 4.69) is 36.1 Å². The lowest BCUT2D eigenvalue weighted by atomic mass is 10.3. The molecule has 3 heterocycles. The number of hydrogen-bond donors (Lipinski definition) is 1. The summed E-state index contributed by atoms with van der Waals surface area (Å²) < 4.78 is 0. The number of nitriles is 1. The van der Waals surface area contributed by atoms with Crippen LogP contribution in [0.3, 0.4) is 0 Å². The molecule has 0 radical (unpaired) electrons. The lowest BCUT2D eigenvalue weighted by Gasteiger charge is -2.34. The van der Waals surface area contributed by atoms with Gasteiger partial charge in [-0.15, -0.1) is 0 Å². The number of hydrogen-bond acceptors (Lipinski definition) is 7. The van der Waals surface area contributed by atoms with Gasteiger partial charge in [0, 0.05) is 57.9 Å². The van der Waals surface area contributed by atoms with Crippen LogP contribution in [0.2, 0.25) is 0 Å². The lowest BCUT2D eigenvalue weighted by Crippen LogP contribution is -2.48. The van der Waals surface area contributed by atoms with Crippen LogP contribution in [0.4, 0.5) is 11.8 Å². The first-order valence-electron chi connectivity index (χ1n) is 7.70. The van der Waals surface area contributed by atoms with Crippen LogP contribution in [0.25, 0.3) is 0 Å². The topological polar surface area (TPSA) is 81.0 Å². The Labute approximate surface area is 135 Å². The summed E-state index contributed by atoms with van der Waals surface area (Å²) in [5, 5.41) is 12.3. The van der Waals surface area contributed by atoms with Gasteiger partial charge in [0.2, 0.25) is 5.95 Å². The second kappa shape index (κ2) is 7.51. The molecule has 2 aromatic rings. The highest BCUT2D eigenvalue weighted by molar-refractivity contribution is 5.51. The zero-order valence-electron chi connectivity index (χ0n) is 12.9. The number of rotatable bonds is 5. The third-order valence-electron chi connectivity index (χ3n) is 3.86. The normalized spacial score (nSPS) is 15.2. The first-order chi connectivity index (χ1) is 11.4. The molecular formula is C16H19N7. The molecule has 0 bridgehead atoms. The number of aromatic nitrogens is 3. The molecule has 0 atom stereocenters. The quantitative estimate of drug-likeness (QED) is 0.881. The number of nitrogens with zero attached hydrogens (tertiary/aromatic N) is 6. The first kappa shape index (κ1) is 15.2. The molecule has 0 saturated carbocycles. The Morgan fingerprint density at radius 2 is 1.78 bits per heavy atom. The van der Waals surface area contributed by atoms with Gasteiger partial charge in [-0.3, -0.25) is 4.90 Å². The van der Waals surface area contributed by atoms with E-state index in [4.69, 9.17) is 5.26 Å². The van der Waals surface area contributed by atoms with Gasteiger partial charge in [-0.25, -0.2) is 15.0 Å². The van der Waals surface area contributed by atoms with Gasteiger partial charge in [0.15, 0.2) is 0 Å². The predicted octanol–water partition coefficient (Wildman–Crippen LogP) is 0.977. The maximum Gasteiger partial charge on any atom is 0.225 e. The van der Waals surface area contributed by atoms with E-state index in [0.29, 0.717) is 11.4 Å². The highest BCUT2D eigenvalue weighted by Crippen LogP contribution is 2.11. The van der Waals surface area contributed by atoms with Gasteiger partial charge in [0.1, 0.15) is 11.9 Å². The Hall–Kier alpha value is -2.72. The Kier molecular flexibility index (Phi) is 4.96. The fourth-order valence-corrected chi connectivity index (χ4v) is 2.59. The molecular weight excluding hydrogens is 290 g/mol. The molecule has 3 rings (SSSR count). The van der Waals surface area contributed by atoms with E-state index in [0.717, 1.165) is 45.2 Å². The van der Waals surface area contributed by atoms with E-state index in [1.807, 2.05) is 6.07 Å². The van der Waals surface area contributed by atoms with Crippen LogP contribution in [0.1, 0.15) is 5.56 Å². The van der Waals surface area contributed by atoms with Gasteiger partial charge < -0.3 is 10.2 Å². The van der Waals surface area contributed by atoms with Crippen molar-refractivity contribution < 1.29 is 0 Å². The van der Waals surface area contributed by atoms with Crippen molar-refractivity contribution in [2.75, 3.05) is 49.5 Å². The first-order valence-corrected chi connectivity index (χ1v) is 7.70. The molecule has 1 aliphatic rings. The van der Waals surface area contributed by atoms with Gasteiger partial charge in [-0.1, -0.05) is 0 Å². The van der Waals surface area contributed by atoms with E-state index in [9.17, 15) is 0 Å². The molecule has 0 unspecified atom stereocenters. The summed E-state index contributed by atoms with van der Waals surface area (Å²) in [6.07, 6.45) is 5.25. The summed E-state index contributed by atoms with van der Waals surface area (Å²) in [6, 6.07) is 7.52. The molecule has 0 aromatic carbocycles. The number of nitrogens with one attached hydrogen (secondary N) is 1. The zero-order valence-corrected chi connectivity index (χ0v) is 12.9. The Morgan fingerprint density at radius 1 is 1.04 bits per heavy atom. The van der Waals surface area contributed by atoms with Crippen LogP contribution >= 0.6 is 0 Å². The van der Waals surface area contributed by atoms with Gasteiger partial charge in [0.05, 0.1) is 5.56 Å². The van der Waals surface area contributed by atoms with E-state index >= 15 is 0 Å². The third-order valence-corrected chi connectivity index (χ3v) is 3.86. The molecule has 118 valence electrons. The molecule has 1 aliphatic heterocycles. The van der Waals surface area contributed by atoms with Crippen molar-refractivity contribution in [3.63, 3.8) is 0 Å². The second-order valence-electron chi connectivity index (χ2n) is 5.32. The fourth-order valence-electron chi connectivity index (χ4n) is 2.59. The average molecular weight is 309 g/mol. The average Bonchev–Trinajstić information content (AvgIpc) is 2.63. The van der Waals surface area contributed by atoms with E-state index in [1.165, 1.54) is 0 Å². The van der Waals surface area contributed by atoms with Crippen molar-refractivity contribution >= 4 is 11.8 Å². The minimum atomic E-state index is 0.582. The van der Waals surface area contributed by atoms with Crippen molar-refractivity contribution in [3.8, 4) is 6.07 Å². The summed E-state index contributed by atoms with van der Waals surface area (Å²) in [4.78, 5) is 17.4. The summed E-state index contributed by atoms with van der Waals surface area (Å²) >= 11 is 0. The molecule has 23 heavy (non-hydrogen) atoms. The molecule has 1 saturated heterocycles. The molecule has 7 heteroatoms. The van der Waals surface area contributed by atoms with Crippen LogP contribution < -0.4 is 10.2 Å². The Bertz CT molecular complexity index is 660. The van der Waals surface area contributed by atoms with Crippen LogP contribution in [0, 0.1) is 11.3 Å². The monoisotopic (exact) mass is 309 g/mol. The molecule has 0 spiro atoms. The van der Waals surface area contributed by atoms with Crippen LogP contribution in [0.5, 0.6) is 0 Å². The van der Waals surface area contributed by atoms with Gasteiger partial charge in [-0.2, -0.15) is 5.26 Å². The van der Waals surface area contributed by atoms with E-state index in [1.54, 1.807) is 30.7 Å². The van der Waals surface area contributed by atoms with E-state index in [-0.39, 0.29) is 0 Å². The Balaban J connectivity index is 1.44. The maximum absolute atomic E-state index is 9.05. The standard InChI is InChI=1S/C16H19N7/c17-13-14-3-1-4-18-15(14)19-7-8-22-9-11-23(12-10-22)16-20-5-2-6-21-16/h1-6H,7-12H2,(H,18,19). The Morgan fingerprint density at radius 3 is 2.52 bits per heavy atom. The number of piperazine rings is 1. The number of pyridine rings is 1.